The number of likely N-dealkylation sites (tertiary alicyclic amines) is 1. The minimum Gasteiger partial charge on any atom is -0.474 e. The summed E-state index contributed by atoms with van der Waals surface area (Å²) in [6.07, 6.45) is 5.44. The first-order valence-electron chi connectivity index (χ1n) is 12.6. The molecule has 2 aliphatic heterocycles. The fourth-order valence-electron chi connectivity index (χ4n) is 4.00. The van der Waals surface area contributed by atoms with Crippen molar-refractivity contribution in [3.63, 3.8) is 0 Å². The summed E-state index contributed by atoms with van der Waals surface area (Å²) in [6, 6.07) is 7.14. The van der Waals surface area contributed by atoms with E-state index in [-0.39, 0.29) is 29.9 Å². The quantitative estimate of drug-likeness (QED) is 0.321. The van der Waals surface area contributed by atoms with Gasteiger partial charge in [-0.3, -0.25) is 14.5 Å². The third kappa shape index (κ3) is 7.17. The lowest BCUT2D eigenvalue weighted by Gasteiger charge is -2.33. The molecule has 1 aromatic carbocycles. The summed E-state index contributed by atoms with van der Waals surface area (Å²) in [5, 5.41) is -0.321. The number of ether oxygens (including phenoxy) is 3. The van der Waals surface area contributed by atoms with Crippen LogP contribution in [0.1, 0.15) is 44.7 Å². The van der Waals surface area contributed by atoms with E-state index in [1.165, 1.54) is 12.4 Å². The second-order valence-electron chi connectivity index (χ2n) is 10.1. The number of aromatic nitrogens is 2. The number of hydrogen-bond donors (Lipinski definition) is 0. The predicted molar refractivity (Wildman–Crippen MR) is 148 cm³/mol. The topological polar surface area (TPSA) is 111 Å². The van der Waals surface area contributed by atoms with Crippen LogP contribution in [-0.4, -0.2) is 68.3 Å². The first-order chi connectivity index (χ1) is 18.5. The predicted octanol–water partition coefficient (Wildman–Crippen LogP) is 5.58. The molecule has 11 heteroatoms. The highest BCUT2D eigenvalue weighted by Crippen LogP contribution is 2.34. The van der Waals surface area contributed by atoms with E-state index in [0.717, 1.165) is 16.7 Å². The van der Waals surface area contributed by atoms with Crippen LogP contribution in [0.3, 0.4) is 0 Å². The standard InChI is InChI=1S/C28H32N4O6S/c1-6-12-32-25(33)22(39-27(32)35)16-19-8-7-9-21(15-19)37-24-18(2)23(29-17-30-24)36-20-10-13-31(14-11-20)26(34)38-28(3,4)5/h6-9,15-17,20H,1,10-14H2,2-5H3/b22-16-. The Labute approximate surface area is 232 Å². The zero-order chi connectivity index (χ0) is 28.2. The average Bonchev–Trinajstić information content (AvgIpc) is 3.13. The molecule has 1 aromatic heterocycles. The lowest BCUT2D eigenvalue weighted by atomic mass is 10.1. The molecule has 0 N–H and O–H groups in total. The number of hydrogen-bond acceptors (Lipinski definition) is 9. The van der Waals surface area contributed by atoms with Gasteiger partial charge in [0, 0.05) is 32.5 Å². The van der Waals surface area contributed by atoms with E-state index in [2.05, 4.69) is 16.5 Å². The van der Waals surface area contributed by atoms with Gasteiger partial charge in [0.1, 0.15) is 23.8 Å². The molecule has 0 aliphatic carbocycles. The Hall–Kier alpha value is -3.86. The highest BCUT2D eigenvalue weighted by atomic mass is 32.2. The molecule has 39 heavy (non-hydrogen) atoms. The van der Waals surface area contributed by atoms with Gasteiger partial charge in [0.15, 0.2) is 0 Å². The van der Waals surface area contributed by atoms with Gasteiger partial charge in [-0.15, -0.1) is 6.58 Å². The average molecular weight is 553 g/mol. The minimum absolute atomic E-state index is 0.107. The Morgan fingerprint density at radius 1 is 1.18 bits per heavy atom. The Bertz CT molecular complexity index is 1300. The van der Waals surface area contributed by atoms with Gasteiger partial charge in [-0.05, 0) is 63.2 Å². The molecule has 0 unspecified atom stereocenters. The molecule has 4 rings (SSSR count). The van der Waals surface area contributed by atoms with Crippen molar-refractivity contribution in [2.75, 3.05) is 19.6 Å². The molecule has 2 aromatic rings. The molecule has 0 atom stereocenters. The van der Waals surface area contributed by atoms with Crippen molar-refractivity contribution in [3.05, 3.63) is 59.3 Å². The van der Waals surface area contributed by atoms with Gasteiger partial charge in [0.25, 0.3) is 11.1 Å². The highest BCUT2D eigenvalue weighted by Gasteiger charge is 2.34. The van der Waals surface area contributed by atoms with Crippen molar-refractivity contribution in [1.29, 1.82) is 0 Å². The fraction of sp³-hybridized carbons (Fsp3) is 0.393. The van der Waals surface area contributed by atoms with Crippen molar-refractivity contribution in [1.82, 2.24) is 19.8 Å². The number of imide groups is 1. The molecule has 2 saturated heterocycles. The van der Waals surface area contributed by atoms with Gasteiger partial charge in [0.2, 0.25) is 11.8 Å². The molecule has 3 amide bonds. The molecule has 0 radical (unpaired) electrons. The van der Waals surface area contributed by atoms with Crippen LogP contribution in [0, 0.1) is 6.92 Å². The highest BCUT2D eigenvalue weighted by molar-refractivity contribution is 8.18. The first-order valence-corrected chi connectivity index (χ1v) is 13.5. The summed E-state index contributed by atoms with van der Waals surface area (Å²) < 4.78 is 17.6. The van der Waals surface area contributed by atoms with E-state index in [1.54, 1.807) is 29.2 Å². The molecule has 2 aliphatic rings. The van der Waals surface area contributed by atoms with Gasteiger partial charge in [-0.2, -0.15) is 0 Å². The summed E-state index contributed by atoms with van der Waals surface area (Å²) in [5.74, 6) is 0.923. The summed E-state index contributed by atoms with van der Waals surface area (Å²) in [4.78, 5) is 48.7. The molecule has 206 valence electrons. The van der Waals surface area contributed by atoms with Gasteiger partial charge in [-0.25, -0.2) is 14.8 Å². The maximum Gasteiger partial charge on any atom is 0.410 e. The smallest absolute Gasteiger partial charge is 0.410 e. The lowest BCUT2D eigenvalue weighted by Crippen LogP contribution is -2.44. The summed E-state index contributed by atoms with van der Waals surface area (Å²) in [7, 11) is 0. The van der Waals surface area contributed by atoms with E-state index >= 15 is 0 Å². The van der Waals surface area contributed by atoms with E-state index < -0.39 is 5.60 Å². The second-order valence-corrected chi connectivity index (χ2v) is 11.1. The van der Waals surface area contributed by atoms with Gasteiger partial charge >= 0.3 is 6.09 Å². The van der Waals surface area contributed by atoms with Crippen molar-refractivity contribution in [2.45, 2.75) is 52.2 Å². The normalized spacial score (nSPS) is 17.5. The number of benzene rings is 1. The Balaban J connectivity index is 1.40. The third-order valence-electron chi connectivity index (χ3n) is 5.92. The van der Waals surface area contributed by atoms with Gasteiger partial charge in [-0.1, -0.05) is 18.2 Å². The van der Waals surface area contributed by atoms with Crippen molar-refractivity contribution in [2.24, 2.45) is 0 Å². The number of amides is 3. The molecule has 2 fully saturated rings. The maximum absolute atomic E-state index is 12.5. The van der Waals surface area contributed by atoms with Crippen LogP contribution in [0.2, 0.25) is 0 Å². The SMILES string of the molecule is C=CCN1C(=O)S/C(=C\c2cccc(Oc3ncnc(OC4CCN(C(=O)OC(C)(C)C)CC4)c3C)c2)C1=O. The summed E-state index contributed by atoms with van der Waals surface area (Å²) in [5.41, 5.74) is 0.813. The van der Waals surface area contributed by atoms with E-state index in [4.69, 9.17) is 14.2 Å². The molecular formula is C28H32N4O6S. The monoisotopic (exact) mass is 552 g/mol. The van der Waals surface area contributed by atoms with Gasteiger partial charge < -0.3 is 19.1 Å². The zero-order valence-electron chi connectivity index (χ0n) is 22.5. The molecular weight excluding hydrogens is 520 g/mol. The first kappa shape index (κ1) is 28.2. The Kier molecular flexibility index (Phi) is 8.59. The van der Waals surface area contributed by atoms with Crippen LogP contribution >= 0.6 is 11.8 Å². The van der Waals surface area contributed by atoms with E-state index in [9.17, 15) is 14.4 Å². The molecule has 0 bridgehead atoms. The summed E-state index contributed by atoms with van der Waals surface area (Å²) >= 11 is 0.895. The van der Waals surface area contributed by atoms with E-state index in [1.807, 2.05) is 33.8 Å². The molecule has 10 nitrogen and oxygen atoms in total. The maximum atomic E-state index is 12.5. The van der Waals surface area contributed by atoms with Crippen molar-refractivity contribution in [3.8, 4) is 17.5 Å². The zero-order valence-corrected chi connectivity index (χ0v) is 23.3. The number of rotatable bonds is 7. The number of nitrogens with zero attached hydrogens (tertiary/aromatic N) is 4. The Morgan fingerprint density at radius 2 is 1.90 bits per heavy atom. The summed E-state index contributed by atoms with van der Waals surface area (Å²) in [6.45, 7) is 12.2. The Morgan fingerprint density at radius 3 is 2.59 bits per heavy atom. The lowest BCUT2D eigenvalue weighted by molar-refractivity contribution is -0.122. The van der Waals surface area contributed by atoms with Gasteiger partial charge in [0.05, 0.1) is 10.5 Å². The van der Waals surface area contributed by atoms with Crippen molar-refractivity contribution >= 4 is 35.1 Å². The molecule has 0 saturated carbocycles. The third-order valence-corrected chi connectivity index (χ3v) is 6.83. The van der Waals surface area contributed by atoms with E-state index in [0.29, 0.717) is 59.5 Å². The number of thioether (sulfide) groups is 1. The molecule has 0 spiro atoms. The minimum atomic E-state index is -0.534. The van der Waals surface area contributed by atoms with Crippen molar-refractivity contribution < 1.29 is 28.6 Å². The van der Waals surface area contributed by atoms with Crippen LogP contribution in [0.4, 0.5) is 9.59 Å². The van der Waals surface area contributed by atoms with Crippen LogP contribution in [0.25, 0.3) is 6.08 Å². The largest absolute Gasteiger partial charge is 0.474 e. The number of carbonyl (C=O) groups is 3. The van der Waals surface area contributed by atoms with Crippen LogP contribution in [0.5, 0.6) is 17.5 Å². The molecule has 3 heterocycles. The number of carbonyl (C=O) groups excluding carboxylic acids is 3. The van der Waals surface area contributed by atoms with Crippen LogP contribution in [0.15, 0.2) is 48.2 Å². The number of piperidine rings is 1. The van der Waals surface area contributed by atoms with Crippen LogP contribution < -0.4 is 9.47 Å². The fourth-order valence-corrected chi connectivity index (χ4v) is 4.85. The second kappa shape index (κ2) is 11.9. The van der Waals surface area contributed by atoms with Crippen LogP contribution in [-0.2, 0) is 9.53 Å².